The monoisotopic (exact) mass is 415 g/mol. The van der Waals surface area contributed by atoms with Crippen molar-refractivity contribution in [3.8, 4) is 0 Å². The number of aromatic nitrogens is 1. The Labute approximate surface area is 155 Å². The molecular weight excluding hydrogens is 398 g/mol. The van der Waals surface area contributed by atoms with Gasteiger partial charge in [-0.15, -0.1) is 23.7 Å². The molecule has 1 saturated heterocycles. The number of carbonyl (C=O) groups is 1. The molecule has 3 rings (SSSR count). The van der Waals surface area contributed by atoms with Gasteiger partial charge in [0, 0.05) is 41.7 Å². The van der Waals surface area contributed by atoms with E-state index in [1.807, 2.05) is 36.1 Å². The molecule has 0 spiro atoms. The standard InChI is InChI=1S/C16H18BrN3OS.ClH/c1-12-11-22-15(18-12)10-19-6-8-20(9-7-19)16(21)13-4-2-3-5-14(13)17;/h2-5,11H,6-10H2,1H3;1H. The summed E-state index contributed by atoms with van der Waals surface area (Å²) in [5, 5.41) is 3.24. The number of carbonyl (C=O) groups excluding carboxylic acids is 1. The number of benzene rings is 1. The van der Waals surface area contributed by atoms with Crippen LogP contribution >= 0.6 is 39.7 Å². The van der Waals surface area contributed by atoms with Crippen LogP contribution < -0.4 is 0 Å². The molecule has 1 aliphatic rings. The van der Waals surface area contributed by atoms with Gasteiger partial charge in [0.15, 0.2) is 0 Å². The largest absolute Gasteiger partial charge is 0.336 e. The minimum Gasteiger partial charge on any atom is -0.336 e. The Hall–Kier alpha value is -0.950. The Balaban J connectivity index is 0.00000192. The lowest BCUT2D eigenvalue weighted by atomic mass is 10.2. The third-order valence-electron chi connectivity index (χ3n) is 3.79. The third kappa shape index (κ3) is 4.53. The number of amides is 1. The summed E-state index contributed by atoms with van der Waals surface area (Å²) in [5.41, 5.74) is 1.83. The number of hydrogen-bond acceptors (Lipinski definition) is 4. The van der Waals surface area contributed by atoms with E-state index < -0.39 is 0 Å². The maximum atomic E-state index is 12.6. The molecule has 1 aliphatic heterocycles. The SMILES string of the molecule is Cc1csc(CN2CCN(C(=O)c3ccccc3Br)CC2)n1.Cl. The van der Waals surface area contributed by atoms with Gasteiger partial charge in [0.05, 0.1) is 12.1 Å². The quantitative estimate of drug-likeness (QED) is 0.767. The Morgan fingerprint density at radius 3 is 2.57 bits per heavy atom. The number of rotatable bonds is 3. The first-order valence-electron chi connectivity index (χ1n) is 7.30. The van der Waals surface area contributed by atoms with Crippen molar-refractivity contribution < 1.29 is 4.79 Å². The van der Waals surface area contributed by atoms with Gasteiger partial charge < -0.3 is 4.90 Å². The summed E-state index contributed by atoms with van der Waals surface area (Å²) in [6, 6.07) is 7.61. The van der Waals surface area contributed by atoms with Gasteiger partial charge in [0.25, 0.3) is 5.91 Å². The summed E-state index contributed by atoms with van der Waals surface area (Å²) in [5.74, 6) is 0.109. The van der Waals surface area contributed by atoms with Crippen molar-refractivity contribution in [2.45, 2.75) is 13.5 Å². The molecule has 2 heterocycles. The Bertz CT molecular complexity index is 671. The van der Waals surface area contributed by atoms with Gasteiger partial charge in [-0.1, -0.05) is 12.1 Å². The van der Waals surface area contributed by atoms with Crippen LogP contribution in [-0.2, 0) is 6.54 Å². The Morgan fingerprint density at radius 1 is 1.26 bits per heavy atom. The topological polar surface area (TPSA) is 36.4 Å². The summed E-state index contributed by atoms with van der Waals surface area (Å²) in [7, 11) is 0. The maximum Gasteiger partial charge on any atom is 0.255 e. The van der Waals surface area contributed by atoms with Crippen LogP contribution in [-0.4, -0.2) is 46.9 Å². The minimum atomic E-state index is 0. The first-order valence-corrected chi connectivity index (χ1v) is 8.98. The van der Waals surface area contributed by atoms with Crippen molar-refractivity contribution in [2.75, 3.05) is 26.2 Å². The average molecular weight is 417 g/mol. The molecule has 23 heavy (non-hydrogen) atoms. The summed E-state index contributed by atoms with van der Waals surface area (Å²) < 4.78 is 0.862. The van der Waals surface area contributed by atoms with Crippen molar-refractivity contribution >= 4 is 45.6 Å². The molecule has 0 bridgehead atoms. The first kappa shape index (κ1) is 18.4. The van der Waals surface area contributed by atoms with Gasteiger partial charge in [-0.2, -0.15) is 0 Å². The fourth-order valence-electron chi connectivity index (χ4n) is 2.58. The van der Waals surface area contributed by atoms with E-state index in [1.165, 1.54) is 0 Å². The number of nitrogens with zero attached hydrogens (tertiary/aromatic N) is 3. The number of aryl methyl sites for hydroxylation is 1. The second-order valence-electron chi connectivity index (χ2n) is 5.43. The second kappa shape index (κ2) is 8.24. The molecule has 4 nitrogen and oxygen atoms in total. The summed E-state index contributed by atoms with van der Waals surface area (Å²) >= 11 is 5.17. The average Bonchev–Trinajstić information content (AvgIpc) is 2.93. The molecule has 1 aromatic heterocycles. The molecule has 0 aliphatic carbocycles. The van der Waals surface area contributed by atoms with Gasteiger partial charge in [-0.05, 0) is 35.0 Å². The van der Waals surface area contributed by atoms with E-state index >= 15 is 0 Å². The van der Waals surface area contributed by atoms with Crippen LogP contribution in [0.5, 0.6) is 0 Å². The van der Waals surface area contributed by atoms with Crippen molar-refractivity contribution in [3.05, 3.63) is 50.4 Å². The van der Waals surface area contributed by atoms with Crippen molar-refractivity contribution in [3.63, 3.8) is 0 Å². The lowest BCUT2D eigenvalue weighted by Gasteiger charge is -2.34. The van der Waals surface area contributed by atoms with Gasteiger partial charge in [0.2, 0.25) is 0 Å². The van der Waals surface area contributed by atoms with Gasteiger partial charge in [-0.3, -0.25) is 9.69 Å². The third-order valence-corrected chi connectivity index (χ3v) is 5.43. The molecule has 124 valence electrons. The molecule has 1 amide bonds. The van der Waals surface area contributed by atoms with E-state index in [1.54, 1.807) is 11.3 Å². The summed E-state index contributed by atoms with van der Waals surface area (Å²) in [6.07, 6.45) is 0. The smallest absolute Gasteiger partial charge is 0.255 e. The van der Waals surface area contributed by atoms with Crippen LogP contribution in [0.3, 0.4) is 0 Å². The minimum absolute atomic E-state index is 0. The van der Waals surface area contributed by atoms with Crippen molar-refractivity contribution in [2.24, 2.45) is 0 Å². The number of hydrogen-bond donors (Lipinski definition) is 0. The van der Waals surface area contributed by atoms with Crippen LogP contribution in [0.1, 0.15) is 21.1 Å². The highest BCUT2D eigenvalue weighted by molar-refractivity contribution is 9.10. The predicted octanol–water partition coefficient (Wildman–Crippen LogP) is 3.59. The van der Waals surface area contributed by atoms with Gasteiger partial charge >= 0.3 is 0 Å². The van der Waals surface area contributed by atoms with E-state index in [-0.39, 0.29) is 18.3 Å². The van der Waals surface area contributed by atoms with Crippen LogP contribution in [0.25, 0.3) is 0 Å². The highest BCUT2D eigenvalue weighted by atomic mass is 79.9. The second-order valence-corrected chi connectivity index (χ2v) is 7.23. The van der Waals surface area contributed by atoms with Gasteiger partial charge in [0.1, 0.15) is 5.01 Å². The molecule has 0 N–H and O–H groups in total. The molecule has 0 unspecified atom stereocenters. The van der Waals surface area contributed by atoms with Crippen LogP contribution in [0, 0.1) is 6.92 Å². The first-order chi connectivity index (χ1) is 10.6. The maximum absolute atomic E-state index is 12.6. The summed E-state index contributed by atoms with van der Waals surface area (Å²) in [6.45, 7) is 6.24. The molecule has 0 radical (unpaired) electrons. The highest BCUT2D eigenvalue weighted by Crippen LogP contribution is 2.19. The van der Waals surface area contributed by atoms with E-state index in [9.17, 15) is 4.79 Å². The Morgan fingerprint density at radius 2 is 1.96 bits per heavy atom. The van der Waals surface area contributed by atoms with E-state index in [4.69, 9.17) is 0 Å². The number of halogens is 2. The lowest BCUT2D eigenvalue weighted by Crippen LogP contribution is -2.48. The van der Waals surface area contributed by atoms with Crippen molar-refractivity contribution in [1.29, 1.82) is 0 Å². The molecule has 7 heteroatoms. The lowest BCUT2D eigenvalue weighted by molar-refractivity contribution is 0.0627. The van der Waals surface area contributed by atoms with Crippen LogP contribution in [0.4, 0.5) is 0 Å². The van der Waals surface area contributed by atoms with E-state index in [2.05, 4.69) is 31.2 Å². The van der Waals surface area contributed by atoms with Crippen molar-refractivity contribution in [1.82, 2.24) is 14.8 Å². The predicted molar refractivity (Wildman–Crippen MR) is 99.4 cm³/mol. The molecule has 1 fully saturated rings. The highest BCUT2D eigenvalue weighted by Gasteiger charge is 2.23. The zero-order valence-electron chi connectivity index (χ0n) is 12.9. The van der Waals surface area contributed by atoms with Crippen LogP contribution in [0.2, 0.25) is 0 Å². The zero-order chi connectivity index (χ0) is 15.5. The fraction of sp³-hybridized carbons (Fsp3) is 0.375. The summed E-state index contributed by atoms with van der Waals surface area (Å²) in [4.78, 5) is 21.4. The molecular formula is C16H19BrClN3OS. The molecule has 1 aromatic carbocycles. The van der Waals surface area contributed by atoms with Gasteiger partial charge in [-0.25, -0.2) is 4.98 Å². The number of thiazole rings is 1. The number of piperazine rings is 1. The fourth-order valence-corrected chi connectivity index (χ4v) is 3.85. The molecule has 0 atom stereocenters. The van der Waals surface area contributed by atoms with E-state index in [0.717, 1.165) is 53.5 Å². The Kier molecular flexibility index (Phi) is 6.59. The molecule has 2 aromatic rings. The molecule has 0 saturated carbocycles. The van der Waals surface area contributed by atoms with Crippen LogP contribution in [0.15, 0.2) is 34.1 Å². The van der Waals surface area contributed by atoms with E-state index in [0.29, 0.717) is 0 Å². The zero-order valence-corrected chi connectivity index (χ0v) is 16.1. The normalized spacial score (nSPS) is 15.3.